The summed E-state index contributed by atoms with van der Waals surface area (Å²) in [5.41, 5.74) is -1.98. The molecule has 0 saturated carbocycles. The third-order valence-electron chi connectivity index (χ3n) is 10.2. The van der Waals surface area contributed by atoms with Crippen LogP contribution in [0.25, 0.3) is 6.08 Å². The minimum absolute atomic E-state index is 0.362. The van der Waals surface area contributed by atoms with Gasteiger partial charge in [0.1, 0.15) is 5.75 Å². The Balaban J connectivity index is 2.33. The molecule has 38 heavy (non-hydrogen) atoms. The van der Waals surface area contributed by atoms with Crippen molar-refractivity contribution in [1.82, 2.24) is 9.80 Å². The lowest BCUT2D eigenvalue weighted by Gasteiger charge is -2.61. The van der Waals surface area contributed by atoms with Crippen molar-refractivity contribution in [2.45, 2.75) is 96.8 Å². The SMILES string of the molecule is COc1ccc(C=C2C(C(C(=O)O)(C(=O)O)C3CC(C)(C)N(C)C(C)(C)C3)CC(C)(C)N(C)C2(C)C)cc1. The number of piperidine rings is 2. The van der Waals surface area contributed by atoms with E-state index >= 15 is 0 Å². The molecule has 0 spiro atoms. The molecule has 0 aliphatic carbocycles. The molecule has 2 fully saturated rings. The van der Waals surface area contributed by atoms with Gasteiger partial charge in [0.25, 0.3) is 0 Å². The molecule has 0 radical (unpaired) electrons. The number of benzene rings is 1. The smallest absolute Gasteiger partial charge is 0.321 e. The van der Waals surface area contributed by atoms with Crippen LogP contribution in [0.2, 0.25) is 0 Å². The number of hydrogen-bond donors (Lipinski definition) is 2. The van der Waals surface area contributed by atoms with E-state index < -0.39 is 40.3 Å². The predicted octanol–water partition coefficient (Wildman–Crippen LogP) is 5.64. The van der Waals surface area contributed by atoms with Crippen LogP contribution in [0.1, 0.15) is 80.2 Å². The first-order valence-corrected chi connectivity index (χ1v) is 13.6. The lowest BCUT2D eigenvalue weighted by atomic mass is 9.52. The van der Waals surface area contributed by atoms with Gasteiger partial charge in [-0.1, -0.05) is 18.2 Å². The number of rotatable bonds is 6. The first kappa shape index (κ1) is 30.2. The van der Waals surface area contributed by atoms with Crippen molar-refractivity contribution >= 4 is 18.0 Å². The zero-order valence-corrected chi connectivity index (χ0v) is 25.2. The zero-order chi connectivity index (χ0) is 29.1. The molecule has 0 amide bonds. The Labute approximate surface area is 228 Å². The number of carboxylic acid groups (broad SMARTS) is 2. The number of aliphatic carboxylic acids is 2. The summed E-state index contributed by atoms with van der Waals surface area (Å²) in [6.07, 6.45) is 3.39. The topological polar surface area (TPSA) is 90.3 Å². The monoisotopic (exact) mass is 528 g/mol. The number of methoxy groups -OCH3 is 1. The van der Waals surface area contributed by atoms with E-state index in [1.807, 2.05) is 37.4 Å². The van der Waals surface area contributed by atoms with Crippen LogP contribution in [-0.2, 0) is 9.59 Å². The van der Waals surface area contributed by atoms with Crippen molar-refractivity contribution in [3.63, 3.8) is 0 Å². The summed E-state index contributed by atoms with van der Waals surface area (Å²) in [6, 6.07) is 7.61. The highest BCUT2D eigenvalue weighted by molar-refractivity contribution is 6.00. The third-order valence-corrected chi connectivity index (χ3v) is 10.2. The first-order valence-electron chi connectivity index (χ1n) is 13.6. The van der Waals surface area contributed by atoms with Gasteiger partial charge in [-0.15, -0.1) is 0 Å². The summed E-state index contributed by atoms with van der Waals surface area (Å²) >= 11 is 0. The molecular formula is C31H48N2O5. The van der Waals surface area contributed by atoms with E-state index in [-0.39, 0.29) is 11.1 Å². The Kier molecular flexibility index (Phi) is 7.67. The van der Waals surface area contributed by atoms with E-state index in [2.05, 4.69) is 72.2 Å². The molecule has 1 aromatic carbocycles. The van der Waals surface area contributed by atoms with Gasteiger partial charge in [0, 0.05) is 28.1 Å². The molecule has 1 atom stereocenters. The Morgan fingerprint density at radius 3 is 1.71 bits per heavy atom. The van der Waals surface area contributed by atoms with E-state index in [0.29, 0.717) is 19.3 Å². The fraction of sp³-hybridized carbons (Fsp3) is 0.677. The number of carbonyl (C=O) groups is 2. The van der Waals surface area contributed by atoms with Gasteiger partial charge in [-0.2, -0.15) is 0 Å². The highest BCUT2D eigenvalue weighted by Crippen LogP contribution is 2.58. The highest BCUT2D eigenvalue weighted by Gasteiger charge is 2.66. The van der Waals surface area contributed by atoms with E-state index in [0.717, 1.165) is 16.9 Å². The van der Waals surface area contributed by atoms with Gasteiger partial charge in [-0.3, -0.25) is 19.4 Å². The summed E-state index contributed by atoms with van der Waals surface area (Å²) < 4.78 is 5.32. The van der Waals surface area contributed by atoms with Crippen LogP contribution in [0.3, 0.4) is 0 Å². The maximum Gasteiger partial charge on any atom is 0.321 e. The number of nitrogens with zero attached hydrogens (tertiary/aromatic N) is 2. The van der Waals surface area contributed by atoms with Gasteiger partial charge in [0.05, 0.1) is 7.11 Å². The van der Waals surface area contributed by atoms with Crippen molar-refractivity contribution in [3.8, 4) is 5.75 Å². The quantitative estimate of drug-likeness (QED) is 0.462. The zero-order valence-electron chi connectivity index (χ0n) is 25.2. The lowest BCUT2D eigenvalue weighted by molar-refractivity contribution is -0.184. The number of likely N-dealkylation sites (tertiary alicyclic amines) is 2. The van der Waals surface area contributed by atoms with Crippen molar-refractivity contribution in [1.29, 1.82) is 0 Å². The second-order valence-electron chi connectivity index (χ2n) is 13.8. The molecular weight excluding hydrogens is 480 g/mol. The maximum atomic E-state index is 13.5. The average molecular weight is 529 g/mol. The molecule has 1 unspecified atom stereocenters. The molecule has 2 saturated heterocycles. The molecule has 0 bridgehead atoms. The highest BCUT2D eigenvalue weighted by atomic mass is 16.5. The van der Waals surface area contributed by atoms with Gasteiger partial charge in [-0.05, 0) is 118 Å². The molecule has 2 N–H and O–H groups in total. The summed E-state index contributed by atoms with van der Waals surface area (Å²) in [6.45, 7) is 16.7. The fourth-order valence-corrected chi connectivity index (χ4v) is 7.40. The van der Waals surface area contributed by atoms with Crippen molar-refractivity contribution < 1.29 is 24.5 Å². The van der Waals surface area contributed by atoms with Gasteiger partial charge >= 0.3 is 11.9 Å². The molecule has 2 aliphatic rings. The Morgan fingerprint density at radius 2 is 1.29 bits per heavy atom. The number of hydrogen-bond acceptors (Lipinski definition) is 5. The normalized spacial score (nSPS) is 26.7. The largest absolute Gasteiger partial charge is 0.497 e. The summed E-state index contributed by atoms with van der Waals surface area (Å²) in [5.74, 6) is -3.02. The standard InChI is InChI=1S/C31H48N2O5/c1-27(2)17-21(18-28(3,4)32(27)9)31(25(34)35,26(36)37)24-19-29(5,6)33(10)30(7,8)23(24)16-20-12-14-22(38-11)15-13-20/h12-16,21,24H,17-19H2,1-11H3,(H,34,35)(H,36,37). The predicted molar refractivity (Wildman–Crippen MR) is 151 cm³/mol. The molecule has 3 rings (SSSR count). The Morgan fingerprint density at radius 1 is 0.842 bits per heavy atom. The number of carboxylic acids is 2. The van der Waals surface area contributed by atoms with Gasteiger partial charge in [0.15, 0.2) is 5.41 Å². The molecule has 2 aliphatic heterocycles. The van der Waals surface area contributed by atoms with E-state index in [4.69, 9.17) is 4.74 Å². The van der Waals surface area contributed by atoms with Crippen LogP contribution >= 0.6 is 0 Å². The molecule has 2 heterocycles. The van der Waals surface area contributed by atoms with Crippen LogP contribution in [0, 0.1) is 17.3 Å². The van der Waals surface area contributed by atoms with Gasteiger partial charge in [-0.25, -0.2) is 0 Å². The number of likely N-dealkylation sites (N-methyl/N-ethyl adjacent to an activating group) is 1. The number of ether oxygens (including phenoxy) is 1. The van der Waals surface area contributed by atoms with Gasteiger partial charge in [0.2, 0.25) is 0 Å². The van der Waals surface area contributed by atoms with E-state index in [9.17, 15) is 19.8 Å². The maximum absolute atomic E-state index is 13.5. The fourth-order valence-electron chi connectivity index (χ4n) is 7.40. The molecule has 212 valence electrons. The molecule has 1 aromatic rings. The van der Waals surface area contributed by atoms with Crippen LogP contribution in [0.5, 0.6) is 5.75 Å². The minimum atomic E-state index is -1.98. The second-order valence-corrected chi connectivity index (χ2v) is 13.8. The third kappa shape index (κ3) is 4.77. The summed E-state index contributed by atoms with van der Waals surface area (Å²) in [4.78, 5) is 31.5. The van der Waals surface area contributed by atoms with E-state index in [1.54, 1.807) is 7.11 Å². The van der Waals surface area contributed by atoms with Gasteiger partial charge < -0.3 is 14.9 Å². The van der Waals surface area contributed by atoms with Crippen LogP contribution < -0.4 is 4.74 Å². The van der Waals surface area contributed by atoms with Crippen molar-refractivity contribution in [2.24, 2.45) is 17.3 Å². The Bertz CT molecular complexity index is 1070. The second kappa shape index (κ2) is 9.67. The van der Waals surface area contributed by atoms with Crippen molar-refractivity contribution in [3.05, 3.63) is 35.4 Å². The summed E-state index contributed by atoms with van der Waals surface area (Å²) in [5, 5.41) is 22.0. The molecule has 7 nitrogen and oxygen atoms in total. The molecule has 0 aromatic heterocycles. The first-order chi connectivity index (χ1) is 17.2. The van der Waals surface area contributed by atoms with E-state index in [1.165, 1.54) is 0 Å². The minimum Gasteiger partial charge on any atom is -0.497 e. The average Bonchev–Trinajstić information content (AvgIpc) is 2.79. The van der Waals surface area contributed by atoms with Crippen LogP contribution in [0.15, 0.2) is 29.8 Å². The van der Waals surface area contributed by atoms with Crippen LogP contribution in [0.4, 0.5) is 0 Å². The van der Waals surface area contributed by atoms with Crippen molar-refractivity contribution in [2.75, 3.05) is 21.2 Å². The summed E-state index contributed by atoms with van der Waals surface area (Å²) in [7, 11) is 5.71. The Hall–Kier alpha value is -2.38. The molecule has 7 heteroatoms. The lowest BCUT2D eigenvalue weighted by Crippen LogP contribution is -2.68. The van der Waals surface area contributed by atoms with Crippen LogP contribution in [-0.4, -0.2) is 75.3 Å².